The van der Waals surface area contributed by atoms with Crippen molar-refractivity contribution in [2.45, 2.75) is 6.42 Å². The highest BCUT2D eigenvalue weighted by atomic mass is 35.5. The highest BCUT2D eigenvalue weighted by molar-refractivity contribution is 5.86. The lowest BCUT2D eigenvalue weighted by atomic mass is 10.0. The Hall–Kier alpha value is -2.06. The van der Waals surface area contributed by atoms with Crippen LogP contribution in [0.1, 0.15) is 11.3 Å². The van der Waals surface area contributed by atoms with Crippen molar-refractivity contribution in [1.29, 1.82) is 0 Å². The normalized spacial score (nSPS) is 10.1. The molecule has 1 aromatic heterocycles. The first-order chi connectivity index (χ1) is 9.36. The van der Waals surface area contributed by atoms with Crippen LogP contribution in [-0.2, 0) is 6.42 Å². The topological polar surface area (TPSA) is 22.1 Å². The van der Waals surface area contributed by atoms with Crippen molar-refractivity contribution >= 4 is 23.2 Å². The van der Waals surface area contributed by atoms with E-state index in [1.54, 1.807) is 7.11 Å². The van der Waals surface area contributed by atoms with Crippen molar-refractivity contribution in [1.82, 2.24) is 4.98 Å². The Labute approximate surface area is 124 Å². The van der Waals surface area contributed by atoms with E-state index < -0.39 is 0 Å². The highest BCUT2D eigenvalue weighted by Gasteiger charge is 2.06. The van der Waals surface area contributed by atoms with Crippen LogP contribution in [0.2, 0.25) is 0 Å². The zero-order valence-corrected chi connectivity index (χ0v) is 12.1. The Morgan fingerprint density at radius 2 is 1.65 bits per heavy atom. The molecule has 0 radical (unpaired) electrons. The molecule has 0 aliphatic heterocycles. The molecule has 0 unspecified atom stereocenters. The van der Waals surface area contributed by atoms with Crippen molar-refractivity contribution < 1.29 is 4.74 Å². The average Bonchev–Trinajstić information content (AvgIpc) is 2.48. The molecular weight excluding hydrogens is 270 g/mol. The summed E-state index contributed by atoms with van der Waals surface area (Å²) < 4.78 is 5.29. The lowest BCUT2D eigenvalue weighted by molar-refractivity contribution is 0.397. The van der Waals surface area contributed by atoms with Gasteiger partial charge in [0.1, 0.15) is 0 Å². The van der Waals surface area contributed by atoms with E-state index in [0.29, 0.717) is 5.88 Å². The number of fused-ring (bicyclic) bond motifs is 1. The summed E-state index contributed by atoms with van der Waals surface area (Å²) in [6, 6.07) is 20.6. The molecule has 0 bridgehead atoms. The molecule has 102 valence electrons. The molecule has 0 aliphatic carbocycles. The molecule has 2 nitrogen and oxygen atoms in total. The summed E-state index contributed by atoms with van der Waals surface area (Å²) in [5.41, 5.74) is 2.31. The number of hydrogen-bond acceptors (Lipinski definition) is 2. The molecule has 0 amide bonds. The van der Waals surface area contributed by atoms with E-state index in [4.69, 9.17) is 4.74 Å². The molecule has 0 N–H and O–H groups in total. The largest absolute Gasteiger partial charge is 0.481 e. The maximum atomic E-state index is 5.29. The van der Waals surface area contributed by atoms with Gasteiger partial charge in [0, 0.05) is 17.9 Å². The summed E-state index contributed by atoms with van der Waals surface area (Å²) in [6.45, 7) is 0. The van der Waals surface area contributed by atoms with E-state index in [0.717, 1.165) is 12.1 Å². The van der Waals surface area contributed by atoms with E-state index in [1.165, 1.54) is 16.3 Å². The van der Waals surface area contributed by atoms with Crippen molar-refractivity contribution in [3.63, 3.8) is 0 Å². The first-order valence-electron chi connectivity index (χ1n) is 6.33. The number of hydrogen-bond donors (Lipinski definition) is 0. The van der Waals surface area contributed by atoms with Gasteiger partial charge in [-0.25, -0.2) is 4.98 Å². The second-order valence-electron chi connectivity index (χ2n) is 4.49. The number of aromatic nitrogens is 1. The third kappa shape index (κ3) is 2.91. The van der Waals surface area contributed by atoms with E-state index >= 15 is 0 Å². The quantitative estimate of drug-likeness (QED) is 0.717. The molecule has 3 aromatic rings. The Kier molecular flexibility index (Phi) is 4.59. The van der Waals surface area contributed by atoms with Crippen LogP contribution < -0.4 is 4.74 Å². The van der Waals surface area contributed by atoms with Gasteiger partial charge in [0.15, 0.2) is 0 Å². The van der Waals surface area contributed by atoms with Gasteiger partial charge in [-0.05, 0) is 10.9 Å². The van der Waals surface area contributed by atoms with E-state index in [2.05, 4.69) is 41.4 Å². The monoisotopic (exact) mass is 285 g/mol. The SMILES string of the molecule is COc1cc2ccccc2c(Cc2ccccc2)n1.Cl. The number of ether oxygens (including phenoxy) is 1. The summed E-state index contributed by atoms with van der Waals surface area (Å²) in [5, 5.41) is 2.35. The van der Waals surface area contributed by atoms with Crippen LogP contribution >= 0.6 is 12.4 Å². The Morgan fingerprint density at radius 3 is 2.40 bits per heavy atom. The van der Waals surface area contributed by atoms with Gasteiger partial charge in [0.25, 0.3) is 0 Å². The molecule has 3 rings (SSSR count). The van der Waals surface area contributed by atoms with Gasteiger partial charge in [-0.1, -0.05) is 54.6 Å². The number of methoxy groups -OCH3 is 1. The third-order valence-corrected chi connectivity index (χ3v) is 3.22. The van der Waals surface area contributed by atoms with Crippen molar-refractivity contribution in [2.24, 2.45) is 0 Å². The van der Waals surface area contributed by atoms with Gasteiger partial charge in [-0.15, -0.1) is 12.4 Å². The smallest absolute Gasteiger partial charge is 0.213 e. The predicted octanol–water partition coefficient (Wildman–Crippen LogP) is 4.26. The fraction of sp³-hybridized carbons (Fsp3) is 0.118. The van der Waals surface area contributed by atoms with Crippen LogP contribution in [0.4, 0.5) is 0 Å². The minimum absolute atomic E-state index is 0. The van der Waals surface area contributed by atoms with Gasteiger partial charge in [-0.2, -0.15) is 0 Å². The summed E-state index contributed by atoms with van der Waals surface area (Å²) in [7, 11) is 1.66. The van der Waals surface area contributed by atoms with Gasteiger partial charge in [0.2, 0.25) is 5.88 Å². The number of halogens is 1. The summed E-state index contributed by atoms with van der Waals surface area (Å²) in [4.78, 5) is 4.59. The summed E-state index contributed by atoms with van der Waals surface area (Å²) >= 11 is 0. The fourth-order valence-electron chi connectivity index (χ4n) is 2.27. The second-order valence-corrected chi connectivity index (χ2v) is 4.49. The van der Waals surface area contributed by atoms with E-state index in [-0.39, 0.29) is 12.4 Å². The Bertz CT molecular complexity index is 698. The summed E-state index contributed by atoms with van der Waals surface area (Å²) in [6.07, 6.45) is 0.818. The van der Waals surface area contributed by atoms with Crippen molar-refractivity contribution in [3.8, 4) is 5.88 Å². The fourth-order valence-corrected chi connectivity index (χ4v) is 2.27. The standard InChI is InChI=1S/C17H15NO.ClH/c1-19-17-12-14-9-5-6-10-15(14)16(18-17)11-13-7-3-2-4-8-13;/h2-10,12H,11H2,1H3;1H. The maximum absolute atomic E-state index is 5.29. The third-order valence-electron chi connectivity index (χ3n) is 3.22. The molecule has 0 atom stereocenters. The first kappa shape index (κ1) is 14.4. The molecular formula is C17H16ClNO. The first-order valence-corrected chi connectivity index (χ1v) is 6.33. The molecule has 20 heavy (non-hydrogen) atoms. The van der Waals surface area contributed by atoms with E-state index in [1.807, 2.05) is 24.3 Å². The number of pyridine rings is 1. The number of rotatable bonds is 3. The lowest BCUT2D eigenvalue weighted by Crippen LogP contribution is -1.97. The van der Waals surface area contributed by atoms with Crippen molar-refractivity contribution in [2.75, 3.05) is 7.11 Å². The molecule has 3 heteroatoms. The minimum atomic E-state index is 0. The lowest BCUT2D eigenvalue weighted by Gasteiger charge is -2.08. The summed E-state index contributed by atoms with van der Waals surface area (Å²) in [5.74, 6) is 0.671. The predicted molar refractivity (Wildman–Crippen MR) is 84.8 cm³/mol. The molecule has 2 aromatic carbocycles. The van der Waals surface area contributed by atoms with Crippen LogP contribution in [0.3, 0.4) is 0 Å². The minimum Gasteiger partial charge on any atom is -0.481 e. The van der Waals surface area contributed by atoms with Crippen LogP contribution in [0.25, 0.3) is 10.8 Å². The van der Waals surface area contributed by atoms with E-state index in [9.17, 15) is 0 Å². The molecule has 0 fully saturated rings. The van der Waals surface area contributed by atoms with Gasteiger partial charge < -0.3 is 4.74 Å². The molecule has 0 saturated carbocycles. The highest BCUT2D eigenvalue weighted by Crippen LogP contribution is 2.23. The molecule has 0 saturated heterocycles. The molecule has 1 heterocycles. The number of nitrogens with zero attached hydrogens (tertiary/aromatic N) is 1. The van der Waals surface area contributed by atoms with Gasteiger partial charge in [0.05, 0.1) is 12.8 Å². The van der Waals surface area contributed by atoms with Gasteiger partial charge in [-0.3, -0.25) is 0 Å². The molecule has 0 aliphatic rings. The second kappa shape index (κ2) is 6.40. The Morgan fingerprint density at radius 1 is 0.950 bits per heavy atom. The van der Waals surface area contributed by atoms with Gasteiger partial charge >= 0.3 is 0 Å². The maximum Gasteiger partial charge on any atom is 0.213 e. The zero-order chi connectivity index (χ0) is 13.1. The molecule has 0 spiro atoms. The zero-order valence-electron chi connectivity index (χ0n) is 11.2. The van der Waals surface area contributed by atoms with Crippen LogP contribution in [-0.4, -0.2) is 12.1 Å². The van der Waals surface area contributed by atoms with Crippen LogP contribution in [0.15, 0.2) is 60.7 Å². The van der Waals surface area contributed by atoms with Crippen molar-refractivity contribution in [3.05, 3.63) is 71.9 Å². The number of benzene rings is 2. The Balaban J connectivity index is 0.00000147. The van der Waals surface area contributed by atoms with Crippen LogP contribution in [0.5, 0.6) is 5.88 Å². The average molecular weight is 286 g/mol. The van der Waals surface area contributed by atoms with Crippen LogP contribution in [0, 0.1) is 0 Å².